The Labute approximate surface area is 341 Å². The first-order valence-corrected chi connectivity index (χ1v) is 20.4. The number of benzene rings is 3. The van der Waals surface area contributed by atoms with E-state index in [1.165, 1.54) is 16.8 Å². The molecule has 4 aromatic rings. The Morgan fingerprint density at radius 2 is 1.59 bits per heavy atom. The van der Waals surface area contributed by atoms with Gasteiger partial charge in [-0.2, -0.15) is 5.26 Å². The molecule has 3 N–H and O–H groups in total. The third-order valence-electron chi connectivity index (χ3n) is 9.42. The number of carbonyl (C=O) groups is 1. The number of aromatic nitrogens is 2. The molecule has 0 saturated carbocycles. The fraction of sp³-hybridized carbons (Fsp3) is 0.364. The molecule has 3 aromatic carbocycles. The summed E-state index contributed by atoms with van der Waals surface area (Å²) >= 11 is 0. The molecule has 1 saturated heterocycles. The number of hydrogen-bond donors (Lipinski definition) is 3. The Hall–Kier alpha value is -5.37. The van der Waals surface area contributed by atoms with Crippen LogP contribution in [0, 0.1) is 23.2 Å². The van der Waals surface area contributed by atoms with Crippen LogP contribution in [0.4, 0.5) is 4.79 Å². The second kappa shape index (κ2) is 21.4. The number of nitrogens with zero attached hydrogens (tertiary/aromatic N) is 3. The second-order valence-electron chi connectivity index (χ2n) is 14.1. The maximum absolute atomic E-state index is 13.5. The molecule has 1 aliphatic heterocycles. The van der Waals surface area contributed by atoms with Crippen LogP contribution in [0.1, 0.15) is 69.0 Å². The molecule has 0 spiro atoms. The molecule has 304 valence electrons. The molecule has 14 heteroatoms. The van der Waals surface area contributed by atoms with Crippen LogP contribution in [-0.2, 0) is 24.1 Å². The number of H-pyrrole nitrogens is 1. The summed E-state index contributed by atoms with van der Waals surface area (Å²) in [4.78, 5) is 40.6. The zero-order chi connectivity index (χ0) is 41.5. The van der Waals surface area contributed by atoms with Gasteiger partial charge in [-0.05, 0) is 44.4 Å². The molecule has 58 heavy (non-hydrogen) atoms. The Balaban J connectivity index is 1.56. The molecule has 1 aliphatic rings. The van der Waals surface area contributed by atoms with Crippen LogP contribution in [0.3, 0.4) is 0 Å². The molecule has 1 aromatic heterocycles. The van der Waals surface area contributed by atoms with Gasteiger partial charge in [0, 0.05) is 30.7 Å². The van der Waals surface area contributed by atoms with Crippen molar-refractivity contribution in [2.75, 3.05) is 26.4 Å². The summed E-state index contributed by atoms with van der Waals surface area (Å²) in [5.41, 5.74) is 0.764. The van der Waals surface area contributed by atoms with Gasteiger partial charge in [0.2, 0.25) is 0 Å². The number of aromatic amines is 1. The Morgan fingerprint density at radius 3 is 2.12 bits per heavy atom. The highest BCUT2D eigenvalue weighted by Gasteiger charge is 2.45. The van der Waals surface area contributed by atoms with E-state index < -0.39 is 49.8 Å². The van der Waals surface area contributed by atoms with E-state index in [9.17, 15) is 19.6 Å². The van der Waals surface area contributed by atoms with Crippen molar-refractivity contribution in [3.63, 3.8) is 0 Å². The van der Waals surface area contributed by atoms with Crippen LogP contribution >= 0.6 is 8.53 Å². The summed E-state index contributed by atoms with van der Waals surface area (Å²) in [5, 5.41) is 15.8. The van der Waals surface area contributed by atoms with Crippen molar-refractivity contribution in [3.8, 4) is 17.9 Å². The van der Waals surface area contributed by atoms with Gasteiger partial charge >= 0.3 is 11.8 Å². The van der Waals surface area contributed by atoms with Crippen LogP contribution in [-0.4, -0.2) is 70.9 Å². The van der Waals surface area contributed by atoms with Gasteiger partial charge in [0.15, 0.2) is 0 Å². The van der Waals surface area contributed by atoms with Crippen molar-refractivity contribution in [1.82, 2.24) is 24.9 Å². The average molecular weight is 807 g/mol. The average Bonchev–Trinajstić information content (AvgIpc) is 3.62. The molecule has 0 radical (unpaired) electrons. The molecule has 1 unspecified atom stereocenters. The smallest absolute Gasteiger partial charge is 0.408 e. The van der Waals surface area contributed by atoms with E-state index in [1.807, 2.05) is 54.6 Å². The zero-order valence-corrected chi connectivity index (χ0v) is 34.2. The number of ether oxygens (including phenoxy) is 2. The number of alkyl carbamates (subject to hydrolysis) is 1. The first-order chi connectivity index (χ1) is 28.1. The SMILES string of the molecule is C=CCOC(=O)NCC#Cc1cn([C@H]2C[C@H](NC(c3ccccc3)(c3ccccc3)c3ccccc3)[C@@H](COP(OCCC#N)N(C(C)C)C(C)C)O2)c(=O)[nH]c1=O. The normalized spacial score (nSPS) is 17.0. The first kappa shape index (κ1) is 43.7. The molecule has 4 atom stereocenters. The largest absolute Gasteiger partial charge is 0.445 e. The van der Waals surface area contributed by atoms with Crippen molar-refractivity contribution in [2.24, 2.45) is 0 Å². The topological polar surface area (TPSA) is 160 Å². The van der Waals surface area contributed by atoms with Crippen molar-refractivity contribution in [3.05, 3.63) is 153 Å². The highest BCUT2D eigenvalue weighted by atomic mass is 31.2. The lowest BCUT2D eigenvalue weighted by Gasteiger charge is -2.40. The second-order valence-corrected chi connectivity index (χ2v) is 15.5. The number of amides is 1. The monoisotopic (exact) mass is 806 g/mol. The number of hydrogen-bond acceptors (Lipinski definition) is 10. The van der Waals surface area contributed by atoms with E-state index in [-0.39, 0.29) is 50.4 Å². The fourth-order valence-electron chi connectivity index (χ4n) is 6.98. The lowest BCUT2D eigenvalue weighted by atomic mass is 9.76. The van der Waals surface area contributed by atoms with Gasteiger partial charge in [0.05, 0.1) is 43.9 Å². The first-order valence-electron chi connectivity index (χ1n) is 19.3. The minimum Gasteiger partial charge on any atom is -0.445 e. The van der Waals surface area contributed by atoms with Gasteiger partial charge in [-0.1, -0.05) is 115 Å². The lowest BCUT2D eigenvalue weighted by Crippen LogP contribution is -2.53. The van der Waals surface area contributed by atoms with Gasteiger partial charge in [0.25, 0.3) is 14.1 Å². The van der Waals surface area contributed by atoms with Gasteiger partial charge in [-0.3, -0.25) is 19.7 Å². The quantitative estimate of drug-likeness (QED) is 0.0341. The van der Waals surface area contributed by atoms with Crippen LogP contribution in [0.2, 0.25) is 0 Å². The summed E-state index contributed by atoms with van der Waals surface area (Å²) < 4.78 is 28.0. The minimum absolute atomic E-state index is 0.0137. The van der Waals surface area contributed by atoms with Crippen molar-refractivity contribution < 1.29 is 23.3 Å². The van der Waals surface area contributed by atoms with Gasteiger partial charge in [-0.15, -0.1) is 0 Å². The lowest BCUT2D eigenvalue weighted by molar-refractivity contribution is -0.0279. The molecular formula is C44H51N6O7P. The summed E-state index contributed by atoms with van der Waals surface area (Å²) in [6.45, 7) is 12.0. The molecular weight excluding hydrogens is 755 g/mol. The molecule has 5 rings (SSSR count). The van der Waals surface area contributed by atoms with Crippen LogP contribution in [0.15, 0.2) is 119 Å². The third kappa shape index (κ3) is 11.0. The summed E-state index contributed by atoms with van der Waals surface area (Å²) in [6.07, 6.45) is 1.17. The highest BCUT2D eigenvalue weighted by Crippen LogP contribution is 2.47. The minimum atomic E-state index is -1.62. The van der Waals surface area contributed by atoms with Crippen LogP contribution < -0.4 is 21.9 Å². The summed E-state index contributed by atoms with van der Waals surface area (Å²) in [7, 11) is -1.62. The van der Waals surface area contributed by atoms with Crippen molar-refractivity contribution in [1.29, 1.82) is 5.26 Å². The number of nitrogens with one attached hydrogen (secondary N) is 3. The summed E-state index contributed by atoms with van der Waals surface area (Å²) in [5.74, 6) is 5.50. The zero-order valence-electron chi connectivity index (χ0n) is 33.3. The highest BCUT2D eigenvalue weighted by molar-refractivity contribution is 7.44. The molecule has 2 heterocycles. The molecule has 1 fully saturated rings. The number of rotatable bonds is 18. The van der Waals surface area contributed by atoms with Gasteiger partial charge in [-0.25, -0.2) is 14.3 Å². The maximum Gasteiger partial charge on any atom is 0.408 e. The maximum atomic E-state index is 13.5. The van der Waals surface area contributed by atoms with E-state index in [0.717, 1.165) is 16.7 Å². The third-order valence-corrected chi connectivity index (χ3v) is 11.5. The van der Waals surface area contributed by atoms with Gasteiger partial charge < -0.3 is 23.8 Å². The molecule has 13 nitrogen and oxygen atoms in total. The Kier molecular flexibility index (Phi) is 16.1. The van der Waals surface area contributed by atoms with E-state index in [2.05, 4.69) is 109 Å². The predicted molar refractivity (Wildman–Crippen MR) is 224 cm³/mol. The van der Waals surface area contributed by atoms with Gasteiger partial charge in [0.1, 0.15) is 18.4 Å². The van der Waals surface area contributed by atoms with Crippen LogP contribution in [0.5, 0.6) is 0 Å². The van der Waals surface area contributed by atoms with Crippen molar-refractivity contribution in [2.45, 2.75) is 76.5 Å². The Bertz CT molecular complexity index is 2060. The Morgan fingerprint density at radius 1 is 1.00 bits per heavy atom. The van der Waals surface area contributed by atoms with Crippen molar-refractivity contribution >= 4 is 14.6 Å². The van der Waals surface area contributed by atoms with Crippen LogP contribution in [0.25, 0.3) is 0 Å². The standard InChI is InChI=1S/C44H51N6O7P/c1-6-27-54-43(53)46-26-16-18-34-30-49(42(52)47-41(34)51)40-29-38(39(57-40)31-56-58(55-28-17-25-45)50(32(2)3)33(4)5)48-44(35-19-10-7-11-20-35,36-21-12-8-13-22-36)37-23-14-9-15-24-37/h6-15,19-24,30,32-33,38-40,48H,1,17,26-29,31H2,2-5H3,(H,46,53)(H,47,51,52)/t38-,39+,40+,58?/m0/s1. The molecule has 1 amide bonds. The summed E-state index contributed by atoms with van der Waals surface area (Å²) in [6, 6.07) is 32.4. The molecule has 0 aliphatic carbocycles. The van der Waals surface area contributed by atoms with E-state index >= 15 is 0 Å². The number of nitriles is 1. The van der Waals surface area contributed by atoms with E-state index in [1.54, 1.807) is 0 Å². The molecule has 0 bridgehead atoms. The number of carbonyl (C=O) groups excluding carboxylic acids is 1. The van der Waals surface area contributed by atoms with E-state index in [0.29, 0.717) is 6.42 Å². The van der Waals surface area contributed by atoms with E-state index in [4.69, 9.17) is 18.5 Å². The predicted octanol–water partition coefficient (Wildman–Crippen LogP) is 6.33. The fourth-order valence-corrected chi connectivity index (χ4v) is 8.60.